The number of nitrogens with one attached hydrogen (secondary N) is 1. The van der Waals surface area contributed by atoms with Crippen LogP contribution in [0.15, 0.2) is 18.2 Å². The summed E-state index contributed by atoms with van der Waals surface area (Å²) in [6.07, 6.45) is 3.64. The molecule has 3 rings (SSSR count). The van der Waals surface area contributed by atoms with Crippen molar-refractivity contribution in [3.8, 4) is 11.5 Å². The zero-order valence-electron chi connectivity index (χ0n) is 12.1. The number of rotatable bonds is 4. The highest BCUT2D eigenvalue weighted by molar-refractivity contribution is 5.43. The standard InChI is InChI=1S/C16H23NO3/c1-12(14-4-2-7-18-14)17-11-13-5-6-15-16(10-13)20-9-3-8-19-15/h5-6,10,12,14,17H,2-4,7-9,11H2,1H3. The Bertz CT molecular complexity index is 443. The predicted octanol–water partition coefficient (Wildman–Crippen LogP) is 2.51. The average molecular weight is 277 g/mol. The maximum Gasteiger partial charge on any atom is 0.161 e. The number of fused-ring (bicyclic) bond motifs is 1. The lowest BCUT2D eigenvalue weighted by Gasteiger charge is -2.20. The number of hydrogen-bond acceptors (Lipinski definition) is 4. The van der Waals surface area contributed by atoms with Crippen molar-refractivity contribution in [2.45, 2.75) is 44.9 Å². The fourth-order valence-electron chi connectivity index (χ4n) is 2.72. The van der Waals surface area contributed by atoms with Crippen LogP contribution in [-0.2, 0) is 11.3 Å². The highest BCUT2D eigenvalue weighted by atomic mass is 16.5. The van der Waals surface area contributed by atoms with Gasteiger partial charge in [-0.1, -0.05) is 6.07 Å². The van der Waals surface area contributed by atoms with Crippen LogP contribution in [0.3, 0.4) is 0 Å². The highest BCUT2D eigenvalue weighted by Gasteiger charge is 2.21. The summed E-state index contributed by atoms with van der Waals surface area (Å²) in [4.78, 5) is 0. The summed E-state index contributed by atoms with van der Waals surface area (Å²) in [6.45, 7) is 5.40. The Kier molecular flexibility index (Phi) is 4.43. The van der Waals surface area contributed by atoms with Crippen LogP contribution in [0.25, 0.3) is 0 Å². The molecule has 2 aliphatic rings. The molecule has 4 heteroatoms. The Morgan fingerprint density at radius 2 is 2.00 bits per heavy atom. The number of hydrogen-bond donors (Lipinski definition) is 1. The Morgan fingerprint density at radius 1 is 1.15 bits per heavy atom. The second kappa shape index (κ2) is 6.46. The largest absolute Gasteiger partial charge is 0.490 e. The Hall–Kier alpha value is -1.26. The lowest BCUT2D eigenvalue weighted by atomic mass is 10.1. The molecule has 2 heterocycles. The van der Waals surface area contributed by atoms with Crippen molar-refractivity contribution in [2.24, 2.45) is 0 Å². The van der Waals surface area contributed by atoms with E-state index in [9.17, 15) is 0 Å². The van der Waals surface area contributed by atoms with Gasteiger partial charge in [0.25, 0.3) is 0 Å². The molecule has 0 bridgehead atoms. The van der Waals surface area contributed by atoms with E-state index in [1.165, 1.54) is 12.0 Å². The third-order valence-corrected chi connectivity index (χ3v) is 3.96. The molecule has 0 radical (unpaired) electrons. The molecule has 1 saturated heterocycles. The van der Waals surface area contributed by atoms with Gasteiger partial charge in [-0.2, -0.15) is 0 Å². The Morgan fingerprint density at radius 3 is 2.80 bits per heavy atom. The maximum absolute atomic E-state index is 5.72. The summed E-state index contributed by atoms with van der Waals surface area (Å²) in [6, 6.07) is 6.57. The second-order valence-electron chi connectivity index (χ2n) is 5.55. The van der Waals surface area contributed by atoms with E-state index in [1.54, 1.807) is 0 Å². The Labute approximate surface area is 120 Å². The average Bonchev–Trinajstić information content (AvgIpc) is 2.90. The molecule has 0 aliphatic carbocycles. The lowest BCUT2D eigenvalue weighted by Crippen LogP contribution is -2.36. The molecule has 2 aliphatic heterocycles. The van der Waals surface area contributed by atoms with Crippen LogP contribution in [0.5, 0.6) is 11.5 Å². The van der Waals surface area contributed by atoms with E-state index in [4.69, 9.17) is 14.2 Å². The van der Waals surface area contributed by atoms with Gasteiger partial charge >= 0.3 is 0 Å². The summed E-state index contributed by atoms with van der Waals surface area (Å²) < 4.78 is 17.1. The minimum absolute atomic E-state index is 0.357. The van der Waals surface area contributed by atoms with Crippen molar-refractivity contribution in [1.29, 1.82) is 0 Å². The first-order valence-electron chi connectivity index (χ1n) is 7.56. The van der Waals surface area contributed by atoms with Gasteiger partial charge in [0, 0.05) is 25.6 Å². The SMILES string of the molecule is CC(NCc1ccc2c(c1)OCCCO2)C1CCCO1. The summed E-state index contributed by atoms with van der Waals surface area (Å²) >= 11 is 0. The molecule has 1 aromatic rings. The van der Waals surface area contributed by atoms with Crippen molar-refractivity contribution < 1.29 is 14.2 Å². The van der Waals surface area contributed by atoms with Gasteiger partial charge in [0.2, 0.25) is 0 Å². The van der Waals surface area contributed by atoms with Gasteiger partial charge in [0.05, 0.1) is 19.3 Å². The van der Waals surface area contributed by atoms with E-state index >= 15 is 0 Å². The van der Waals surface area contributed by atoms with Crippen molar-refractivity contribution in [1.82, 2.24) is 5.32 Å². The zero-order valence-corrected chi connectivity index (χ0v) is 12.1. The summed E-state index contributed by atoms with van der Waals surface area (Å²) in [5.41, 5.74) is 1.22. The van der Waals surface area contributed by atoms with Gasteiger partial charge < -0.3 is 19.5 Å². The predicted molar refractivity (Wildman–Crippen MR) is 77.3 cm³/mol. The minimum atomic E-state index is 0.357. The molecule has 2 unspecified atom stereocenters. The molecule has 1 N–H and O–H groups in total. The van der Waals surface area contributed by atoms with Gasteiger partial charge in [-0.25, -0.2) is 0 Å². The minimum Gasteiger partial charge on any atom is -0.490 e. The van der Waals surface area contributed by atoms with Crippen molar-refractivity contribution in [3.63, 3.8) is 0 Å². The third-order valence-electron chi connectivity index (χ3n) is 3.96. The smallest absolute Gasteiger partial charge is 0.161 e. The van der Waals surface area contributed by atoms with Crippen molar-refractivity contribution in [2.75, 3.05) is 19.8 Å². The zero-order chi connectivity index (χ0) is 13.8. The normalized spacial score (nSPS) is 23.4. The van der Waals surface area contributed by atoms with Gasteiger partial charge in [-0.05, 0) is 37.5 Å². The molecule has 0 spiro atoms. The monoisotopic (exact) mass is 277 g/mol. The molecule has 0 aromatic heterocycles. The van der Waals surface area contributed by atoms with E-state index in [0.717, 1.165) is 50.7 Å². The summed E-state index contributed by atoms with van der Waals surface area (Å²) in [5.74, 6) is 1.73. The first kappa shape index (κ1) is 13.7. The molecule has 2 atom stereocenters. The first-order chi connectivity index (χ1) is 9.83. The van der Waals surface area contributed by atoms with Crippen LogP contribution in [0.1, 0.15) is 31.7 Å². The second-order valence-corrected chi connectivity index (χ2v) is 5.55. The fraction of sp³-hybridized carbons (Fsp3) is 0.625. The third kappa shape index (κ3) is 3.25. The van der Waals surface area contributed by atoms with E-state index in [1.807, 2.05) is 6.07 Å². The molecular weight excluding hydrogens is 254 g/mol. The highest BCUT2D eigenvalue weighted by Crippen LogP contribution is 2.30. The number of ether oxygens (including phenoxy) is 3. The number of benzene rings is 1. The molecule has 1 aromatic carbocycles. The fourth-order valence-corrected chi connectivity index (χ4v) is 2.72. The van der Waals surface area contributed by atoms with Gasteiger partial charge in [-0.15, -0.1) is 0 Å². The van der Waals surface area contributed by atoms with Crippen LogP contribution in [0.2, 0.25) is 0 Å². The van der Waals surface area contributed by atoms with Crippen molar-refractivity contribution in [3.05, 3.63) is 23.8 Å². The quantitative estimate of drug-likeness (QED) is 0.918. The van der Waals surface area contributed by atoms with E-state index in [2.05, 4.69) is 24.4 Å². The summed E-state index contributed by atoms with van der Waals surface area (Å²) in [7, 11) is 0. The Balaban J connectivity index is 1.58. The molecule has 20 heavy (non-hydrogen) atoms. The van der Waals surface area contributed by atoms with Gasteiger partial charge in [0.1, 0.15) is 0 Å². The topological polar surface area (TPSA) is 39.7 Å². The van der Waals surface area contributed by atoms with Crippen LogP contribution < -0.4 is 14.8 Å². The lowest BCUT2D eigenvalue weighted by molar-refractivity contribution is 0.0832. The maximum atomic E-state index is 5.72. The van der Waals surface area contributed by atoms with Crippen LogP contribution in [-0.4, -0.2) is 32.0 Å². The molecule has 0 saturated carbocycles. The summed E-state index contributed by atoms with van der Waals surface area (Å²) in [5, 5.41) is 3.54. The molecule has 1 fully saturated rings. The van der Waals surface area contributed by atoms with Gasteiger partial charge in [-0.3, -0.25) is 0 Å². The van der Waals surface area contributed by atoms with E-state index < -0.39 is 0 Å². The molecule has 110 valence electrons. The molecule has 0 amide bonds. The van der Waals surface area contributed by atoms with Crippen LogP contribution >= 0.6 is 0 Å². The van der Waals surface area contributed by atoms with Crippen molar-refractivity contribution >= 4 is 0 Å². The van der Waals surface area contributed by atoms with Crippen LogP contribution in [0, 0.1) is 0 Å². The first-order valence-corrected chi connectivity index (χ1v) is 7.56. The molecule has 4 nitrogen and oxygen atoms in total. The van der Waals surface area contributed by atoms with E-state index in [0.29, 0.717) is 12.1 Å². The van der Waals surface area contributed by atoms with Gasteiger partial charge in [0.15, 0.2) is 11.5 Å². The van der Waals surface area contributed by atoms with E-state index in [-0.39, 0.29) is 0 Å². The van der Waals surface area contributed by atoms with Crippen LogP contribution in [0.4, 0.5) is 0 Å². The molecular formula is C16H23NO3.